The van der Waals surface area contributed by atoms with E-state index in [0.717, 1.165) is 28.2 Å². The molecule has 0 unspecified atom stereocenters. The Bertz CT molecular complexity index is 1030. The van der Waals surface area contributed by atoms with Crippen LogP contribution in [0.5, 0.6) is 11.5 Å². The minimum atomic E-state index is -0.298. The van der Waals surface area contributed by atoms with Crippen LogP contribution in [0, 0.1) is 0 Å². The van der Waals surface area contributed by atoms with E-state index in [1.54, 1.807) is 25.4 Å². The van der Waals surface area contributed by atoms with Gasteiger partial charge in [0.25, 0.3) is 5.91 Å². The van der Waals surface area contributed by atoms with Crippen molar-refractivity contribution in [2.24, 2.45) is 5.10 Å². The molecule has 158 valence electrons. The molecule has 6 nitrogen and oxygen atoms in total. The molecule has 0 bridgehead atoms. The van der Waals surface area contributed by atoms with Gasteiger partial charge in [0, 0.05) is 6.54 Å². The number of carbonyl (C=O) groups excluding carboxylic acids is 1. The van der Waals surface area contributed by atoms with E-state index in [2.05, 4.69) is 22.1 Å². The van der Waals surface area contributed by atoms with Crippen LogP contribution >= 0.6 is 0 Å². The average molecular weight is 415 g/mol. The van der Waals surface area contributed by atoms with Gasteiger partial charge in [-0.25, -0.2) is 5.01 Å². The average Bonchev–Trinajstić information content (AvgIpc) is 3.13. The first kappa shape index (κ1) is 20.6. The van der Waals surface area contributed by atoms with Crippen molar-refractivity contribution >= 4 is 12.1 Å². The largest absolute Gasteiger partial charge is 0.497 e. The number of hydrazone groups is 1. The van der Waals surface area contributed by atoms with Gasteiger partial charge in [-0.1, -0.05) is 42.5 Å². The molecule has 3 aromatic carbocycles. The zero-order chi connectivity index (χ0) is 21.6. The smallest absolute Gasteiger partial charge is 0.258 e. The monoisotopic (exact) mass is 415 g/mol. The van der Waals surface area contributed by atoms with Gasteiger partial charge in [-0.05, 0) is 53.1 Å². The molecule has 31 heavy (non-hydrogen) atoms. The summed E-state index contributed by atoms with van der Waals surface area (Å²) in [5.74, 6) is 1.51. The zero-order valence-electron chi connectivity index (χ0n) is 17.6. The molecule has 1 atom stereocenters. The molecule has 0 aromatic heterocycles. The summed E-state index contributed by atoms with van der Waals surface area (Å²) >= 11 is 0. The van der Waals surface area contributed by atoms with Gasteiger partial charge in [-0.15, -0.1) is 0 Å². The van der Waals surface area contributed by atoms with Crippen molar-refractivity contribution in [1.82, 2.24) is 9.91 Å². The van der Waals surface area contributed by atoms with E-state index in [4.69, 9.17) is 9.47 Å². The van der Waals surface area contributed by atoms with E-state index in [1.807, 2.05) is 66.7 Å². The highest BCUT2D eigenvalue weighted by Crippen LogP contribution is 2.33. The summed E-state index contributed by atoms with van der Waals surface area (Å²) in [6.45, 7) is 0.948. The Labute approximate surface area is 182 Å². The standard InChI is InChI=1S/C25H25N3O3/c1-30-22-12-8-19(9-13-22)16-26-28-24(29)18-27(17-20-6-4-3-5-7-20)25(28)21-10-14-23(31-2)15-11-21/h3-16,25H,17-18H2,1-2H3/b26-16-/t25-/m0/s1. The highest BCUT2D eigenvalue weighted by Gasteiger charge is 2.39. The Hall–Kier alpha value is -3.64. The number of amides is 1. The number of rotatable bonds is 7. The minimum absolute atomic E-state index is 0.0403. The number of methoxy groups -OCH3 is 2. The normalized spacial score (nSPS) is 16.8. The summed E-state index contributed by atoms with van der Waals surface area (Å²) in [7, 11) is 3.27. The lowest BCUT2D eigenvalue weighted by atomic mass is 10.1. The van der Waals surface area contributed by atoms with Crippen molar-refractivity contribution in [2.45, 2.75) is 12.7 Å². The van der Waals surface area contributed by atoms with Crippen LogP contribution in [0.4, 0.5) is 0 Å². The van der Waals surface area contributed by atoms with Crippen LogP contribution in [-0.2, 0) is 11.3 Å². The number of benzene rings is 3. The fraction of sp³-hybridized carbons (Fsp3) is 0.200. The van der Waals surface area contributed by atoms with Gasteiger partial charge in [0.15, 0.2) is 0 Å². The van der Waals surface area contributed by atoms with E-state index >= 15 is 0 Å². The minimum Gasteiger partial charge on any atom is -0.497 e. The Morgan fingerprint density at radius 2 is 1.52 bits per heavy atom. The van der Waals surface area contributed by atoms with E-state index in [0.29, 0.717) is 13.1 Å². The van der Waals surface area contributed by atoms with Crippen molar-refractivity contribution in [3.63, 3.8) is 0 Å². The molecular formula is C25H25N3O3. The summed E-state index contributed by atoms with van der Waals surface area (Å²) in [6, 6.07) is 25.5. The van der Waals surface area contributed by atoms with Crippen molar-refractivity contribution in [2.75, 3.05) is 20.8 Å². The third kappa shape index (κ3) is 4.75. The predicted molar refractivity (Wildman–Crippen MR) is 120 cm³/mol. The topological polar surface area (TPSA) is 54.4 Å². The Morgan fingerprint density at radius 3 is 2.13 bits per heavy atom. The van der Waals surface area contributed by atoms with Gasteiger partial charge in [0.1, 0.15) is 17.7 Å². The third-order valence-electron chi connectivity index (χ3n) is 5.26. The van der Waals surface area contributed by atoms with Gasteiger partial charge in [0.05, 0.1) is 27.0 Å². The first-order valence-corrected chi connectivity index (χ1v) is 10.1. The van der Waals surface area contributed by atoms with Crippen molar-refractivity contribution < 1.29 is 14.3 Å². The summed E-state index contributed by atoms with van der Waals surface area (Å²) in [6.07, 6.45) is 1.41. The molecule has 0 spiro atoms. The van der Waals surface area contributed by atoms with Crippen LogP contribution in [0.3, 0.4) is 0 Å². The Kier molecular flexibility index (Phi) is 6.29. The van der Waals surface area contributed by atoms with E-state index < -0.39 is 0 Å². The molecule has 0 N–H and O–H groups in total. The van der Waals surface area contributed by atoms with E-state index in [1.165, 1.54) is 0 Å². The van der Waals surface area contributed by atoms with Crippen LogP contribution in [0.25, 0.3) is 0 Å². The zero-order valence-corrected chi connectivity index (χ0v) is 17.6. The third-order valence-corrected chi connectivity index (χ3v) is 5.26. The Morgan fingerprint density at radius 1 is 0.903 bits per heavy atom. The maximum atomic E-state index is 12.9. The molecular weight excluding hydrogens is 390 g/mol. The molecule has 1 heterocycles. The second-order valence-electron chi connectivity index (χ2n) is 7.29. The molecule has 1 fully saturated rings. The molecule has 1 amide bonds. The lowest BCUT2D eigenvalue weighted by Crippen LogP contribution is -2.28. The van der Waals surface area contributed by atoms with Crippen molar-refractivity contribution in [3.05, 3.63) is 95.6 Å². The van der Waals surface area contributed by atoms with E-state index in [9.17, 15) is 4.79 Å². The molecule has 1 saturated heterocycles. The van der Waals surface area contributed by atoms with Gasteiger partial charge in [-0.3, -0.25) is 9.69 Å². The number of carbonyl (C=O) groups is 1. The maximum absolute atomic E-state index is 12.9. The molecule has 0 radical (unpaired) electrons. The van der Waals surface area contributed by atoms with Gasteiger partial charge in [0.2, 0.25) is 0 Å². The fourth-order valence-electron chi connectivity index (χ4n) is 3.66. The SMILES string of the molecule is COc1ccc(/C=N\N2C(=O)CN(Cc3ccccc3)[C@@H]2c2ccc(OC)cc2)cc1. The molecule has 6 heteroatoms. The molecule has 3 aromatic rings. The van der Waals surface area contributed by atoms with Gasteiger partial charge in [-0.2, -0.15) is 5.10 Å². The summed E-state index contributed by atoms with van der Waals surface area (Å²) in [5.41, 5.74) is 3.02. The van der Waals surface area contributed by atoms with Crippen LogP contribution in [0.15, 0.2) is 84.0 Å². The lowest BCUT2D eigenvalue weighted by Gasteiger charge is -2.27. The molecule has 1 aliphatic rings. The first-order valence-electron chi connectivity index (χ1n) is 10.1. The summed E-state index contributed by atoms with van der Waals surface area (Å²) in [4.78, 5) is 15.1. The first-order chi connectivity index (χ1) is 15.2. The molecule has 1 aliphatic heterocycles. The molecule has 0 aliphatic carbocycles. The predicted octanol–water partition coefficient (Wildman–Crippen LogP) is 4.08. The lowest BCUT2D eigenvalue weighted by molar-refractivity contribution is -0.128. The fourth-order valence-corrected chi connectivity index (χ4v) is 3.66. The number of hydrogen-bond donors (Lipinski definition) is 0. The number of ether oxygens (including phenoxy) is 2. The van der Waals surface area contributed by atoms with Crippen LogP contribution in [0.1, 0.15) is 22.9 Å². The van der Waals surface area contributed by atoms with Gasteiger partial charge >= 0.3 is 0 Å². The highest BCUT2D eigenvalue weighted by atomic mass is 16.5. The number of hydrogen-bond acceptors (Lipinski definition) is 5. The van der Waals surface area contributed by atoms with Crippen LogP contribution in [0.2, 0.25) is 0 Å². The number of nitrogens with zero attached hydrogens (tertiary/aromatic N) is 3. The summed E-state index contributed by atoms with van der Waals surface area (Å²) in [5, 5.41) is 6.13. The van der Waals surface area contributed by atoms with E-state index in [-0.39, 0.29) is 12.1 Å². The van der Waals surface area contributed by atoms with Crippen LogP contribution in [-0.4, -0.2) is 42.8 Å². The molecule has 4 rings (SSSR count). The van der Waals surface area contributed by atoms with Crippen molar-refractivity contribution in [3.8, 4) is 11.5 Å². The Balaban J connectivity index is 1.63. The quantitative estimate of drug-likeness (QED) is 0.546. The van der Waals surface area contributed by atoms with Crippen molar-refractivity contribution in [1.29, 1.82) is 0 Å². The van der Waals surface area contributed by atoms with Gasteiger partial charge < -0.3 is 9.47 Å². The second-order valence-corrected chi connectivity index (χ2v) is 7.29. The summed E-state index contributed by atoms with van der Waals surface area (Å²) < 4.78 is 10.5. The molecule has 0 saturated carbocycles. The maximum Gasteiger partial charge on any atom is 0.258 e. The second kappa shape index (κ2) is 9.45. The highest BCUT2D eigenvalue weighted by molar-refractivity contribution is 5.84. The van der Waals surface area contributed by atoms with Crippen LogP contribution < -0.4 is 9.47 Å².